The first-order valence-electron chi connectivity index (χ1n) is 4.79. The summed E-state index contributed by atoms with van der Waals surface area (Å²) >= 11 is 0. The standard InChI is InChI=1S/C10H12N2O5/c1-5-2-8(14)6(3-11-5)9(15)12-7(4-13)10(16)17/h2-3,7,13H,4H2,1H3,(H,11,14)(H,12,15)(H,16,17)/t7-/m0/s1. The van der Waals surface area contributed by atoms with Gasteiger partial charge in [0.1, 0.15) is 5.56 Å². The molecule has 0 saturated carbocycles. The minimum Gasteiger partial charge on any atom is -0.480 e. The van der Waals surface area contributed by atoms with Crippen LogP contribution in [-0.4, -0.2) is 39.7 Å². The monoisotopic (exact) mass is 240 g/mol. The van der Waals surface area contributed by atoms with Gasteiger partial charge in [-0.1, -0.05) is 0 Å². The van der Waals surface area contributed by atoms with Crippen molar-refractivity contribution in [3.05, 3.63) is 33.7 Å². The molecule has 17 heavy (non-hydrogen) atoms. The van der Waals surface area contributed by atoms with E-state index in [4.69, 9.17) is 10.2 Å². The van der Waals surface area contributed by atoms with Crippen molar-refractivity contribution in [1.29, 1.82) is 0 Å². The third kappa shape index (κ3) is 3.15. The lowest BCUT2D eigenvalue weighted by Gasteiger charge is -2.11. The Labute approximate surface area is 96.1 Å². The number of carboxylic acid groups (broad SMARTS) is 1. The van der Waals surface area contributed by atoms with Gasteiger partial charge in [0.2, 0.25) is 0 Å². The smallest absolute Gasteiger partial charge is 0.328 e. The zero-order chi connectivity index (χ0) is 13.0. The lowest BCUT2D eigenvalue weighted by atomic mass is 10.2. The molecule has 0 fully saturated rings. The number of aryl methyl sites for hydroxylation is 1. The average molecular weight is 240 g/mol. The zero-order valence-electron chi connectivity index (χ0n) is 9.06. The van der Waals surface area contributed by atoms with Crippen LogP contribution in [0.5, 0.6) is 0 Å². The molecule has 1 aromatic heterocycles. The van der Waals surface area contributed by atoms with Gasteiger partial charge in [-0.15, -0.1) is 0 Å². The molecule has 0 bridgehead atoms. The molecule has 92 valence electrons. The van der Waals surface area contributed by atoms with Crippen molar-refractivity contribution >= 4 is 11.9 Å². The molecule has 0 saturated heterocycles. The Morgan fingerprint density at radius 1 is 1.53 bits per heavy atom. The summed E-state index contributed by atoms with van der Waals surface area (Å²) in [5, 5.41) is 19.4. The maximum atomic E-state index is 11.5. The molecule has 1 heterocycles. The summed E-state index contributed by atoms with van der Waals surface area (Å²) in [6.45, 7) is 0.904. The van der Waals surface area contributed by atoms with Crippen LogP contribution in [-0.2, 0) is 4.79 Å². The van der Waals surface area contributed by atoms with Crippen LogP contribution in [0, 0.1) is 6.92 Å². The third-order valence-corrected chi connectivity index (χ3v) is 2.09. The van der Waals surface area contributed by atoms with E-state index in [0.717, 1.165) is 0 Å². The fraction of sp³-hybridized carbons (Fsp3) is 0.300. The molecule has 0 spiro atoms. The van der Waals surface area contributed by atoms with Crippen LogP contribution < -0.4 is 10.7 Å². The van der Waals surface area contributed by atoms with E-state index >= 15 is 0 Å². The summed E-state index contributed by atoms with van der Waals surface area (Å²) in [7, 11) is 0. The molecule has 1 rings (SSSR count). The predicted molar refractivity (Wildman–Crippen MR) is 57.8 cm³/mol. The number of aliphatic hydroxyl groups excluding tert-OH is 1. The van der Waals surface area contributed by atoms with Crippen LogP contribution in [0.15, 0.2) is 17.1 Å². The van der Waals surface area contributed by atoms with E-state index < -0.39 is 30.0 Å². The maximum Gasteiger partial charge on any atom is 0.328 e. The molecule has 4 N–H and O–H groups in total. The van der Waals surface area contributed by atoms with Gasteiger partial charge in [0.05, 0.1) is 6.61 Å². The van der Waals surface area contributed by atoms with E-state index in [2.05, 4.69) is 4.98 Å². The fourth-order valence-electron chi connectivity index (χ4n) is 1.17. The number of nitrogens with one attached hydrogen (secondary N) is 2. The summed E-state index contributed by atoms with van der Waals surface area (Å²) in [5.41, 5.74) is -0.125. The summed E-state index contributed by atoms with van der Waals surface area (Å²) in [6.07, 6.45) is 1.20. The number of carbonyl (C=O) groups is 2. The molecule has 1 amide bonds. The minimum atomic E-state index is -1.43. The number of aromatic amines is 1. The van der Waals surface area contributed by atoms with Crippen molar-refractivity contribution in [3.63, 3.8) is 0 Å². The van der Waals surface area contributed by atoms with E-state index in [1.165, 1.54) is 12.3 Å². The number of carboxylic acids is 1. The summed E-state index contributed by atoms with van der Waals surface area (Å²) in [6, 6.07) is -0.202. The zero-order valence-corrected chi connectivity index (χ0v) is 9.06. The first-order valence-corrected chi connectivity index (χ1v) is 4.79. The van der Waals surface area contributed by atoms with Gasteiger partial charge in [0.25, 0.3) is 5.91 Å². The second-order valence-electron chi connectivity index (χ2n) is 3.44. The molecule has 0 unspecified atom stereocenters. The van der Waals surface area contributed by atoms with E-state index in [1.54, 1.807) is 6.92 Å². The lowest BCUT2D eigenvalue weighted by molar-refractivity contribution is -0.140. The van der Waals surface area contributed by atoms with Gasteiger partial charge in [-0.05, 0) is 6.92 Å². The van der Waals surface area contributed by atoms with Gasteiger partial charge in [0, 0.05) is 18.0 Å². The van der Waals surface area contributed by atoms with Gasteiger partial charge in [-0.3, -0.25) is 9.59 Å². The quantitative estimate of drug-likeness (QED) is 0.530. The highest BCUT2D eigenvalue weighted by molar-refractivity contribution is 5.96. The largest absolute Gasteiger partial charge is 0.480 e. The van der Waals surface area contributed by atoms with Gasteiger partial charge >= 0.3 is 5.97 Å². The molecule has 0 aliphatic carbocycles. The number of rotatable bonds is 4. The fourth-order valence-corrected chi connectivity index (χ4v) is 1.17. The average Bonchev–Trinajstić information content (AvgIpc) is 2.24. The van der Waals surface area contributed by atoms with Crippen molar-refractivity contribution in [2.75, 3.05) is 6.61 Å². The Bertz CT molecular complexity index is 494. The molecule has 1 atom stereocenters. The molecule has 1 aromatic rings. The van der Waals surface area contributed by atoms with Crippen LogP contribution in [0.3, 0.4) is 0 Å². The Kier molecular flexibility index (Phi) is 4.00. The summed E-state index contributed by atoms with van der Waals surface area (Å²) in [5.74, 6) is -2.21. The van der Waals surface area contributed by atoms with Crippen molar-refractivity contribution in [3.8, 4) is 0 Å². The highest BCUT2D eigenvalue weighted by Crippen LogP contribution is 1.94. The molecular formula is C10H12N2O5. The number of H-pyrrole nitrogens is 1. The molecule has 7 nitrogen and oxygen atoms in total. The Balaban J connectivity index is 2.90. The minimum absolute atomic E-state index is 0.199. The predicted octanol–water partition coefficient (Wildman–Crippen LogP) is -1.14. The number of amides is 1. The van der Waals surface area contributed by atoms with Crippen molar-refractivity contribution in [2.45, 2.75) is 13.0 Å². The topological polar surface area (TPSA) is 119 Å². The first-order chi connectivity index (χ1) is 7.95. The molecule has 7 heteroatoms. The highest BCUT2D eigenvalue weighted by Gasteiger charge is 2.20. The van der Waals surface area contributed by atoms with Crippen molar-refractivity contribution in [2.24, 2.45) is 0 Å². The second kappa shape index (κ2) is 5.26. The Morgan fingerprint density at radius 2 is 2.18 bits per heavy atom. The maximum absolute atomic E-state index is 11.5. The van der Waals surface area contributed by atoms with Crippen LogP contribution in [0.4, 0.5) is 0 Å². The number of aliphatic hydroxyl groups is 1. The summed E-state index contributed by atoms with van der Waals surface area (Å²) in [4.78, 5) is 36.2. The molecule has 0 aliphatic heterocycles. The van der Waals surface area contributed by atoms with E-state index in [9.17, 15) is 14.4 Å². The number of aromatic nitrogens is 1. The number of hydrogen-bond donors (Lipinski definition) is 4. The van der Waals surface area contributed by atoms with Crippen LogP contribution >= 0.6 is 0 Å². The normalized spacial score (nSPS) is 11.9. The first kappa shape index (κ1) is 12.9. The molecule has 0 radical (unpaired) electrons. The van der Waals surface area contributed by atoms with Gasteiger partial charge < -0.3 is 20.5 Å². The highest BCUT2D eigenvalue weighted by atomic mass is 16.4. The SMILES string of the molecule is Cc1cc(=O)c(C(=O)N[C@@H](CO)C(=O)O)c[nH]1. The number of carbonyl (C=O) groups excluding carboxylic acids is 1. The van der Waals surface area contributed by atoms with Gasteiger partial charge in [-0.25, -0.2) is 4.79 Å². The van der Waals surface area contributed by atoms with Crippen LogP contribution in [0.2, 0.25) is 0 Å². The number of hydrogen-bond acceptors (Lipinski definition) is 4. The van der Waals surface area contributed by atoms with Crippen molar-refractivity contribution < 1.29 is 19.8 Å². The van der Waals surface area contributed by atoms with Gasteiger partial charge in [-0.2, -0.15) is 0 Å². The Morgan fingerprint density at radius 3 is 2.65 bits per heavy atom. The lowest BCUT2D eigenvalue weighted by Crippen LogP contribution is -2.44. The van der Waals surface area contributed by atoms with Crippen molar-refractivity contribution in [1.82, 2.24) is 10.3 Å². The molecule has 0 aromatic carbocycles. The van der Waals surface area contributed by atoms with E-state index in [1.807, 2.05) is 5.32 Å². The Hall–Kier alpha value is -2.15. The van der Waals surface area contributed by atoms with Crippen LogP contribution in [0.1, 0.15) is 16.1 Å². The van der Waals surface area contributed by atoms with E-state index in [-0.39, 0.29) is 5.56 Å². The third-order valence-electron chi connectivity index (χ3n) is 2.09. The number of pyridine rings is 1. The van der Waals surface area contributed by atoms with E-state index in [0.29, 0.717) is 5.69 Å². The molecular weight excluding hydrogens is 228 g/mol. The number of aliphatic carboxylic acids is 1. The van der Waals surface area contributed by atoms with Gasteiger partial charge in [0.15, 0.2) is 11.5 Å². The van der Waals surface area contributed by atoms with Crippen LogP contribution in [0.25, 0.3) is 0 Å². The summed E-state index contributed by atoms with van der Waals surface area (Å²) < 4.78 is 0. The molecule has 0 aliphatic rings. The second-order valence-corrected chi connectivity index (χ2v) is 3.44.